The van der Waals surface area contributed by atoms with Gasteiger partial charge in [-0.3, -0.25) is 20.2 Å². The Labute approximate surface area is 251 Å². The number of nitrogens with two attached hydrogens (primary N) is 2. The van der Waals surface area contributed by atoms with Crippen LogP contribution in [0.3, 0.4) is 0 Å². The maximum Gasteiger partial charge on any atom is 0.281 e. The van der Waals surface area contributed by atoms with Gasteiger partial charge in [0, 0.05) is 18.2 Å². The van der Waals surface area contributed by atoms with Crippen molar-refractivity contribution in [3.05, 3.63) is 44.0 Å². The van der Waals surface area contributed by atoms with Crippen molar-refractivity contribution in [2.24, 2.45) is 11.5 Å². The molecule has 1 aromatic rings. The van der Waals surface area contributed by atoms with Crippen molar-refractivity contribution in [1.82, 2.24) is 0 Å². The molecule has 0 saturated carbocycles. The van der Waals surface area contributed by atoms with E-state index in [-0.39, 0.29) is 31.1 Å². The van der Waals surface area contributed by atoms with Gasteiger partial charge in [0.05, 0.1) is 141 Å². The lowest BCUT2D eigenvalue weighted by atomic mass is 10.1. The van der Waals surface area contributed by atoms with Gasteiger partial charge in [0.1, 0.15) is 0 Å². The molecule has 1 unspecified atom stereocenters. The zero-order chi connectivity index (χ0) is 31.4. The van der Waals surface area contributed by atoms with Crippen molar-refractivity contribution in [3.8, 4) is 0 Å². The first-order chi connectivity index (χ1) is 21.0. The van der Waals surface area contributed by atoms with Gasteiger partial charge in [-0.15, -0.1) is 0 Å². The molecule has 4 N–H and O–H groups in total. The Kier molecular flexibility index (Phi) is 24.4. The minimum absolute atomic E-state index is 0.00818. The van der Waals surface area contributed by atoms with Crippen LogP contribution >= 0.6 is 0 Å². The fraction of sp³-hybridized carbons (Fsp3) is 0.769. The first-order valence-corrected chi connectivity index (χ1v) is 14.1. The third kappa shape index (κ3) is 21.0. The summed E-state index contributed by atoms with van der Waals surface area (Å²) in [5, 5.41) is 22.1. The Bertz CT molecular complexity index is 853. The van der Waals surface area contributed by atoms with E-state index in [1.807, 2.05) is 0 Å². The van der Waals surface area contributed by atoms with E-state index in [4.69, 9.17) is 54.1 Å². The van der Waals surface area contributed by atoms with Crippen LogP contribution in [0.15, 0.2) is 18.2 Å². The first kappa shape index (κ1) is 38.6. The molecule has 17 heteroatoms. The third-order valence-electron chi connectivity index (χ3n) is 5.36. The summed E-state index contributed by atoms with van der Waals surface area (Å²) >= 11 is 0. The normalized spacial score (nSPS) is 12.0. The first-order valence-electron chi connectivity index (χ1n) is 14.1. The molecule has 0 radical (unpaired) electrons. The summed E-state index contributed by atoms with van der Waals surface area (Å²) in [6, 6.07) is 2.51. The summed E-state index contributed by atoms with van der Waals surface area (Å²) < 4.78 is 48.4. The third-order valence-corrected chi connectivity index (χ3v) is 5.36. The number of rotatable bonds is 31. The lowest BCUT2D eigenvalue weighted by molar-refractivity contribution is -0.394. The highest BCUT2D eigenvalue weighted by Gasteiger charge is 2.23. The maximum atomic E-state index is 11.2. The molecule has 0 fully saturated rings. The lowest BCUT2D eigenvalue weighted by Crippen LogP contribution is -2.20. The van der Waals surface area contributed by atoms with E-state index < -0.39 is 21.6 Å². The molecule has 0 aliphatic rings. The SMILES string of the molecule is NCCOCCOCCOCCOCCOCCOCCOCCOCCOCC(N)c1ccc([N+](=O)[O-])cc1[N+](=O)[O-]. The van der Waals surface area contributed by atoms with Crippen molar-refractivity contribution >= 4 is 11.4 Å². The number of nitrogens with zero attached hydrogens (tertiary/aromatic N) is 2. The fourth-order valence-electron chi connectivity index (χ4n) is 3.26. The minimum Gasteiger partial charge on any atom is -0.378 e. The molecule has 0 aliphatic carbocycles. The van der Waals surface area contributed by atoms with Crippen LogP contribution in [0.25, 0.3) is 0 Å². The lowest BCUT2D eigenvalue weighted by Gasteiger charge is -2.13. The number of nitro groups is 2. The van der Waals surface area contributed by atoms with E-state index in [0.29, 0.717) is 106 Å². The van der Waals surface area contributed by atoms with E-state index in [2.05, 4.69) is 0 Å². The molecular weight excluding hydrogens is 576 g/mol. The summed E-state index contributed by atoms with van der Waals surface area (Å²) in [6.07, 6.45) is 0. The zero-order valence-corrected chi connectivity index (χ0v) is 24.6. The van der Waals surface area contributed by atoms with Crippen LogP contribution < -0.4 is 11.5 Å². The Balaban J connectivity index is 1.83. The predicted molar refractivity (Wildman–Crippen MR) is 153 cm³/mol. The Hall–Kier alpha value is -2.42. The smallest absolute Gasteiger partial charge is 0.281 e. The molecule has 0 saturated heterocycles. The van der Waals surface area contributed by atoms with E-state index in [1.165, 1.54) is 12.1 Å². The van der Waals surface area contributed by atoms with Gasteiger partial charge in [-0.05, 0) is 6.07 Å². The van der Waals surface area contributed by atoms with E-state index >= 15 is 0 Å². The minimum atomic E-state index is -0.816. The molecule has 0 aliphatic heterocycles. The average molecular weight is 623 g/mol. The molecule has 17 nitrogen and oxygen atoms in total. The Morgan fingerprint density at radius 1 is 0.558 bits per heavy atom. The van der Waals surface area contributed by atoms with Crippen LogP contribution in [0, 0.1) is 20.2 Å². The van der Waals surface area contributed by atoms with Gasteiger partial charge in [0.25, 0.3) is 11.4 Å². The van der Waals surface area contributed by atoms with Gasteiger partial charge in [-0.25, -0.2) is 0 Å². The van der Waals surface area contributed by atoms with Gasteiger partial charge in [0.15, 0.2) is 0 Å². The van der Waals surface area contributed by atoms with Crippen LogP contribution in [0.5, 0.6) is 0 Å². The predicted octanol–water partition coefficient (Wildman–Crippen LogP) is 0.611. The van der Waals surface area contributed by atoms with Crippen molar-refractivity contribution < 1.29 is 52.5 Å². The Morgan fingerprint density at radius 2 is 0.907 bits per heavy atom. The summed E-state index contributed by atoms with van der Waals surface area (Å²) in [5.74, 6) is 0. The van der Waals surface area contributed by atoms with Gasteiger partial charge in [-0.2, -0.15) is 0 Å². The van der Waals surface area contributed by atoms with Crippen LogP contribution in [0.4, 0.5) is 11.4 Å². The van der Waals surface area contributed by atoms with Gasteiger partial charge >= 0.3 is 0 Å². The van der Waals surface area contributed by atoms with Crippen molar-refractivity contribution in [1.29, 1.82) is 0 Å². The van der Waals surface area contributed by atoms with Crippen LogP contribution in [-0.2, 0) is 42.6 Å². The quantitative estimate of drug-likeness (QED) is 0.0658. The largest absolute Gasteiger partial charge is 0.378 e. The molecule has 0 heterocycles. The molecule has 0 aromatic heterocycles. The van der Waals surface area contributed by atoms with Crippen LogP contribution in [0.2, 0.25) is 0 Å². The number of hydrogen-bond donors (Lipinski definition) is 2. The second-order valence-electron chi connectivity index (χ2n) is 8.63. The molecule has 1 atom stereocenters. The highest BCUT2D eigenvalue weighted by Crippen LogP contribution is 2.28. The highest BCUT2D eigenvalue weighted by atomic mass is 16.6. The molecule has 0 amide bonds. The molecule has 1 rings (SSSR count). The molecule has 0 spiro atoms. The number of hydrogen-bond acceptors (Lipinski definition) is 15. The second-order valence-corrected chi connectivity index (χ2v) is 8.63. The molecule has 0 bridgehead atoms. The number of nitro benzene ring substituents is 2. The van der Waals surface area contributed by atoms with E-state index in [0.717, 1.165) is 6.07 Å². The topological polar surface area (TPSA) is 221 Å². The number of non-ortho nitro benzene ring substituents is 1. The zero-order valence-electron chi connectivity index (χ0n) is 24.6. The molecule has 43 heavy (non-hydrogen) atoms. The van der Waals surface area contributed by atoms with Gasteiger partial charge in [-0.1, -0.05) is 0 Å². The van der Waals surface area contributed by atoms with E-state index in [1.54, 1.807) is 0 Å². The Morgan fingerprint density at radius 3 is 1.23 bits per heavy atom. The highest BCUT2D eigenvalue weighted by molar-refractivity contribution is 5.50. The van der Waals surface area contributed by atoms with Crippen molar-refractivity contribution in [2.75, 3.05) is 125 Å². The number of ether oxygens (including phenoxy) is 9. The monoisotopic (exact) mass is 622 g/mol. The standard InChI is InChI=1S/C26H46N4O13/c27-3-4-35-5-6-36-7-8-37-9-10-38-11-12-39-13-14-40-15-16-41-17-18-42-19-20-43-22-25(28)24-2-1-23(29(31)32)21-26(24)30(33)34/h1-2,21,25H,3-20,22,27-28H2. The summed E-state index contributed by atoms with van der Waals surface area (Å²) in [5.41, 5.74) is 10.6. The second kappa shape index (κ2) is 27.2. The van der Waals surface area contributed by atoms with Crippen LogP contribution in [-0.4, -0.2) is 135 Å². The average Bonchev–Trinajstić information content (AvgIpc) is 3.00. The molecule has 248 valence electrons. The van der Waals surface area contributed by atoms with Gasteiger partial charge in [0.2, 0.25) is 0 Å². The van der Waals surface area contributed by atoms with Crippen molar-refractivity contribution in [2.45, 2.75) is 6.04 Å². The van der Waals surface area contributed by atoms with Crippen LogP contribution in [0.1, 0.15) is 11.6 Å². The van der Waals surface area contributed by atoms with Crippen molar-refractivity contribution in [3.63, 3.8) is 0 Å². The summed E-state index contributed by atoms with van der Waals surface area (Å²) in [7, 11) is 0. The summed E-state index contributed by atoms with van der Waals surface area (Å²) in [6.45, 7) is 8.01. The fourth-order valence-corrected chi connectivity index (χ4v) is 3.26. The molecule has 1 aromatic carbocycles. The number of benzene rings is 1. The van der Waals surface area contributed by atoms with Gasteiger partial charge < -0.3 is 54.1 Å². The maximum absolute atomic E-state index is 11.2. The summed E-state index contributed by atoms with van der Waals surface area (Å²) in [4.78, 5) is 20.7. The van der Waals surface area contributed by atoms with E-state index in [9.17, 15) is 20.2 Å². The molecular formula is C26H46N4O13.